The minimum absolute atomic E-state index is 0.0205. The summed E-state index contributed by atoms with van der Waals surface area (Å²) in [5.41, 5.74) is -2.77. The summed E-state index contributed by atoms with van der Waals surface area (Å²) in [4.78, 5) is 23.7. The zero-order chi connectivity index (χ0) is 17.7. The second-order valence-electron chi connectivity index (χ2n) is 3.98. The van der Waals surface area contributed by atoms with Gasteiger partial charge in [-0.2, -0.15) is 0 Å². The number of hydrogen-bond acceptors (Lipinski definition) is 4. The molecule has 9 heteroatoms. The summed E-state index contributed by atoms with van der Waals surface area (Å²) in [6.07, 6.45) is 0.540. The van der Waals surface area contributed by atoms with Crippen LogP contribution in [0.25, 0.3) is 0 Å². The normalized spacial score (nSPS) is 11.3. The van der Waals surface area contributed by atoms with Gasteiger partial charge in [0.1, 0.15) is 17.4 Å². The van der Waals surface area contributed by atoms with Gasteiger partial charge < -0.3 is 9.47 Å². The number of rotatable bonds is 6. The lowest BCUT2D eigenvalue weighted by Gasteiger charge is -2.10. The first-order valence-electron chi connectivity index (χ1n) is 6.32. The Morgan fingerprint density at radius 3 is 1.78 bits per heavy atom. The molecule has 0 saturated carbocycles. The van der Waals surface area contributed by atoms with E-state index in [1.165, 1.54) is 13.8 Å². The molecule has 4 nitrogen and oxygen atoms in total. The molecule has 1 rings (SSSR count). The van der Waals surface area contributed by atoms with Crippen molar-refractivity contribution in [3.05, 3.63) is 46.5 Å². The average molecular weight is 338 g/mol. The van der Waals surface area contributed by atoms with E-state index in [9.17, 15) is 31.5 Å². The third kappa shape index (κ3) is 3.66. The highest BCUT2D eigenvalue weighted by atomic mass is 19.2. The second kappa shape index (κ2) is 7.70. The predicted molar refractivity (Wildman–Crippen MR) is 66.9 cm³/mol. The standard InChI is InChI=1S/C14H11F5O4/c1-3-22-5-6(14(21)23-4-2)13(20)7-8(15)10(17)12(19)11(18)9(7)16/h5H,3-4H2,1-2H3/b6-5+. The van der Waals surface area contributed by atoms with Gasteiger partial charge in [-0.05, 0) is 13.8 Å². The Hall–Kier alpha value is -2.45. The molecular formula is C14H11F5O4. The Morgan fingerprint density at radius 1 is 0.870 bits per heavy atom. The van der Waals surface area contributed by atoms with Crippen LogP contribution in [0.2, 0.25) is 0 Å². The fourth-order valence-corrected chi connectivity index (χ4v) is 1.51. The lowest BCUT2D eigenvalue weighted by Crippen LogP contribution is -2.21. The number of ketones is 1. The smallest absolute Gasteiger partial charge is 0.345 e. The molecule has 0 heterocycles. The number of ether oxygens (including phenoxy) is 2. The maximum absolute atomic E-state index is 13.6. The van der Waals surface area contributed by atoms with E-state index in [0.717, 1.165) is 0 Å². The van der Waals surface area contributed by atoms with Gasteiger partial charge in [-0.3, -0.25) is 4.79 Å². The summed E-state index contributed by atoms with van der Waals surface area (Å²) in [5, 5.41) is 0. The van der Waals surface area contributed by atoms with Crippen molar-refractivity contribution in [2.75, 3.05) is 13.2 Å². The van der Waals surface area contributed by atoms with Crippen LogP contribution in [0.1, 0.15) is 24.2 Å². The highest BCUT2D eigenvalue weighted by Crippen LogP contribution is 2.25. The van der Waals surface area contributed by atoms with Gasteiger partial charge in [0.25, 0.3) is 0 Å². The van der Waals surface area contributed by atoms with E-state index >= 15 is 0 Å². The second-order valence-corrected chi connectivity index (χ2v) is 3.98. The van der Waals surface area contributed by atoms with E-state index in [0.29, 0.717) is 6.26 Å². The summed E-state index contributed by atoms with van der Waals surface area (Å²) in [6.45, 7) is 2.65. The predicted octanol–water partition coefficient (Wildman–Crippen LogP) is 3.05. The lowest BCUT2D eigenvalue weighted by atomic mass is 10.0. The van der Waals surface area contributed by atoms with Crippen molar-refractivity contribution >= 4 is 11.8 Å². The summed E-state index contributed by atoms with van der Waals surface area (Å²) < 4.78 is 75.7. The number of carbonyl (C=O) groups is 2. The zero-order valence-electron chi connectivity index (χ0n) is 12.0. The van der Waals surface area contributed by atoms with Crippen LogP contribution in [0.5, 0.6) is 0 Å². The van der Waals surface area contributed by atoms with Crippen LogP contribution in [-0.4, -0.2) is 25.0 Å². The minimum atomic E-state index is -2.41. The molecule has 0 atom stereocenters. The maximum Gasteiger partial charge on any atom is 0.345 e. The molecule has 126 valence electrons. The van der Waals surface area contributed by atoms with E-state index < -0.39 is 52.0 Å². The number of carbonyl (C=O) groups excluding carboxylic acids is 2. The largest absolute Gasteiger partial charge is 0.500 e. The SMILES string of the molecule is CCO/C=C(/C(=O)OCC)C(=O)c1c(F)c(F)c(F)c(F)c1F. The van der Waals surface area contributed by atoms with Crippen molar-refractivity contribution in [3.8, 4) is 0 Å². The van der Waals surface area contributed by atoms with E-state index in [4.69, 9.17) is 0 Å². The Bertz CT molecular complexity index is 641. The van der Waals surface area contributed by atoms with Crippen LogP contribution >= 0.6 is 0 Å². The lowest BCUT2D eigenvalue weighted by molar-refractivity contribution is -0.138. The van der Waals surface area contributed by atoms with E-state index in [-0.39, 0.29) is 13.2 Å². The first-order chi connectivity index (χ1) is 10.8. The van der Waals surface area contributed by atoms with Gasteiger partial charge in [0.05, 0.1) is 13.2 Å². The van der Waals surface area contributed by atoms with E-state index in [1.54, 1.807) is 0 Å². The summed E-state index contributed by atoms with van der Waals surface area (Å²) >= 11 is 0. The molecular weight excluding hydrogens is 327 g/mol. The fraction of sp³-hybridized carbons (Fsp3) is 0.286. The summed E-state index contributed by atoms with van der Waals surface area (Å²) in [6, 6.07) is 0. The third-order valence-corrected chi connectivity index (χ3v) is 2.54. The number of Topliss-reactive ketones (excluding diaryl/α,β-unsaturated/α-hetero) is 1. The monoisotopic (exact) mass is 338 g/mol. The Balaban J connectivity index is 3.49. The molecule has 0 aromatic heterocycles. The Labute approximate surface area is 127 Å². The molecule has 0 N–H and O–H groups in total. The molecule has 0 bridgehead atoms. The summed E-state index contributed by atoms with van der Waals surface area (Å²) in [7, 11) is 0. The molecule has 23 heavy (non-hydrogen) atoms. The minimum Gasteiger partial charge on any atom is -0.500 e. The molecule has 0 saturated heterocycles. The molecule has 0 aliphatic heterocycles. The topological polar surface area (TPSA) is 52.6 Å². The number of benzene rings is 1. The molecule has 0 unspecified atom stereocenters. The van der Waals surface area contributed by atoms with Crippen LogP contribution in [0.3, 0.4) is 0 Å². The van der Waals surface area contributed by atoms with Gasteiger partial charge in [-0.15, -0.1) is 0 Å². The molecule has 0 radical (unpaired) electrons. The molecule has 0 aliphatic rings. The van der Waals surface area contributed by atoms with Crippen molar-refractivity contribution in [2.45, 2.75) is 13.8 Å². The first kappa shape index (κ1) is 18.6. The summed E-state index contributed by atoms with van der Waals surface area (Å²) in [5.74, 6) is -14.8. The highest BCUT2D eigenvalue weighted by molar-refractivity contribution is 6.24. The van der Waals surface area contributed by atoms with Crippen LogP contribution in [0, 0.1) is 29.1 Å². The molecule has 0 spiro atoms. The van der Waals surface area contributed by atoms with Gasteiger partial charge >= 0.3 is 5.97 Å². The number of halogens is 5. The molecule has 0 fully saturated rings. The zero-order valence-corrected chi connectivity index (χ0v) is 12.0. The number of esters is 1. The van der Waals surface area contributed by atoms with Gasteiger partial charge in [0.15, 0.2) is 23.3 Å². The molecule has 0 aliphatic carbocycles. The molecule has 1 aromatic rings. The van der Waals surface area contributed by atoms with Crippen molar-refractivity contribution in [1.29, 1.82) is 0 Å². The van der Waals surface area contributed by atoms with Gasteiger partial charge in [-0.1, -0.05) is 0 Å². The van der Waals surface area contributed by atoms with Crippen molar-refractivity contribution in [2.24, 2.45) is 0 Å². The quantitative estimate of drug-likeness (QED) is 0.0921. The Kier molecular flexibility index (Phi) is 6.23. The number of hydrogen-bond donors (Lipinski definition) is 0. The van der Waals surface area contributed by atoms with Crippen LogP contribution < -0.4 is 0 Å². The van der Waals surface area contributed by atoms with Crippen LogP contribution in [-0.2, 0) is 14.3 Å². The molecule has 1 aromatic carbocycles. The van der Waals surface area contributed by atoms with E-state index in [2.05, 4.69) is 9.47 Å². The van der Waals surface area contributed by atoms with Crippen molar-refractivity contribution < 1.29 is 41.0 Å². The van der Waals surface area contributed by atoms with Crippen molar-refractivity contribution in [3.63, 3.8) is 0 Å². The van der Waals surface area contributed by atoms with Crippen LogP contribution in [0.4, 0.5) is 22.0 Å². The maximum atomic E-state index is 13.6. The van der Waals surface area contributed by atoms with Gasteiger partial charge in [0.2, 0.25) is 11.6 Å². The van der Waals surface area contributed by atoms with Gasteiger partial charge in [0, 0.05) is 0 Å². The van der Waals surface area contributed by atoms with Gasteiger partial charge in [-0.25, -0.2) is 26.7 Å². The Morgan fingerprint density at radius 2 is 1.35 bits per heavy atom. The first-order valence-corrected chi connectivity index (χ1v) is 6.32. The third-order valence-electron chi connectivity index (χ3n) is 2.54. The van der Waals surface area contributed by atoms with E-state index in [1.807, 2.05) is 0 Å². The van der Waals surface area contributed by atoms with Crippen LogP contribution in [0.15, 0.2) is 11.8 Å². The molecule has 0 amide bonds. The average Bonchev–Trinajstić information content (AvgIpc) is 2.52. The fourth-order valence-electron chi connectivity index (χ4n) is 1.51. The highest BCUT2D eigenvalue weighted by Gasteiger charge is 2.33. The van der Waals surface area contributed by atoms with Crippen molar-refractivity contribution in [1.82, 2.24) is 0 Å².